The molecule has 1 aliphatic rings. The summed E-state index contributed by atoms with van der Waals surface area (Å²) in [4.78, 5) is 0. The second-order valence-electron chi connectivity index (χ2n) is 4.10. The Hall–Kier alpha value is -0.970. The second kappa shape index (κ2) is 2.04. The molecule has 0 radical (unpaired) electrons. The van der Waals surface area contributed by atoms with Gasteiger partial charge in [-0.25, -0.2) is 5.21 Å². The Morgan fingerprint density at radius 2 is 1.75 bits per heavy atom. The molecule has 70 valence electrons. The summed E-state index contributed by atoms with van der Waals surface area (Å²) in [6.07, 6.45) is 0. The molecular weight excluding hydrogens is 158 g/mol. The first kappa shape index (κ1) is 9.12. The quantitative estimate of drug-likeness (QED) is 0.356. The molecule has 0 bridgehead atoms. The Labute approximate surface area is 71.6 Å². The summed E-state index contributed by atoms with van der Waals surface area (Å²) in [6.45, 7) is 7.21. The van der Waals surface area contributed by atoms with Crippen LogP contribution in [0.4, 0.5) is 0 Å². The number of hydrogen-bond donors (Lipinski definition) is 3. The minimum absolute atomic E-state index is 0.0370. The van der Waals surface area contributed by atoms with Crippen LogP contribution in [0.25, 0.3) is 0 Å². The van der Waals surface area contributed by atoms with E-state index in [2.05, 4.69) is 0 Å². The van der Waals surface area contributed by atoms with Gasteiger partial charge >= 0.3 is 5.96 Å². The molecule has 0 saturated heterocycles. The summed E-state index contributed by atoms with van der Waals surface area (Å²) in [7, 11) is 0. The van der Waals surface area contributed by atoms with E-state index >= 15 is 0 Å². The van der Waals surface area contributed by atoms with E-state index in [0.717, 1.165) is 9.80 Å². The third-order valence-electron chi connectivity index (χ3n) is 2.99. The summed E-state index contributed by atoms with van der Waals surface area (Å²) in [5.41, 5.74) is 4.23. The van der Waals surface area contributed by atoms with E-state index < -0.39 is 11.1 Å². The standard InChI is InChI=1S/C7H15N3O2/c1-6(2)7(3,4)10(12)5(8)9(6)11/h8,11-12H,1-4H3/p+1. The van der Waals surface area contributed by atoms with E-state index in [9.17, 15) is 10.4 Å². The van der Waals surface area contributed by atoms with Gasteiger partial charge in [0.15, 0.2) is 11.1 Å². The number of hydroxylamine groups is 3. The lowest BCUT2D eigenvalue weighted by Gasteiger charge is -2.31. The monoisotopic (exact) mass is 174 g/mol. The van der Waals surface area contributed by atoms with Crippen LogP contribution >= 0.6 is 0 Å². The molecule has 0 atom stereocenters. The topological polar surface area (TPSA) is 72.7 Å². The SMILES string of the molecule is CC1(C)N(O)C(N)=[N+](O)C1(C)C. The molecule has 1 rings (SSSR count). The van der Waals surface area contributed by atoms with Crippen LogP contribution < -0.4 is 5.73 Å². The average molecular weight is 174 g/mol. The lowest BCUT2D eigenvalue weighted by Crippen LogP contribution is -2.54. The first-order valence-corrected chi connectivity index (χ1v) is 3.83. The molecular formula is C7H16N3O2+. The van der Waals surface area contributed by atoms with Crippen molar-refractivity contribution >= 4 is 5.96 Å². The van der Waals surface area contributed by atoms with Crippen LogP contribution in [-0.4, -0.2) is 37.3 Å². The molecule has 0 saturated carbocycles. The number of hydrogen-bond acceptors (Lipinski definition) is 4. The first-order chi connectivity index (χ1) is 5.23. The summed E-state index contributed by atoms with van der Waals surface area (Å²) in [5.74, 6) is -0.0370. The van der Waals surface area contributed by atoms with Gasteiger partial charge < -0.3 is 5.21 Å². The Morgan fingerprint density at radius 1 is 1.33 bits per heavy atom. The van der Waals surface area contributed by atoms with E-state index in [1.54, 1.807) is 27.7 Å². The maximum Gasteiger partial charge on any atom is 0.411 e. The van der Waals surface area contributed by atoms with Crippen molar-refractivity contribution in [3.8, 4) is 0 Å². The maximum absolute atomic E-state index is 9.50. The maximum atomic E-state index is 9.50. The summed E-state index contributed by atoms with van der Waals surface area (Å²) < 4.78 is 0.882. The zero-order chi connectivity index (χ0) is 9.73. The Balaban J connectivity index is 3.22. The number of nitrogens with two attached hydrogens (primary N) is 1. The molecule has 4 N–H and O–H groups in total. The highest BCUT2D eigenvalue weighted by Gasteiger charge is 2.59. The average Bonchev–Trinajstić information content (AvgIpc) is 2.05. The van der Waals surface area contributed by atoms with E-state index in [1.165, 1.54) is 0 Å². The molecule has 0 aromatic carbocycles. The van der Waals surface area contributed by atoms with Crippen LogP contribution in [0.3, 0.4) is 0 Å². The Bertz CT molecular complexity index is 245. The van der Waals surface area contributed by atoms with Gasteiger partial charge in [0, 0.05) is 0 Å². The highest BCUT2D eigenvalue weighted by atomic mass is 16.5. The van der Waals surface area contributed by atoms with Crippen molar-refractivity contribution < 1.29 is 15.2 Å². The predicted molar refractivity (Wildman–Crippen MR) is 43.0 cm³/mol. The molecule has 0 fully saturated rings. The molecule has 5 nitrogen and oxygen atoms in total. The van der Waals surface area contributed by atoms with Crippen molar-refractivity contribution in [1.29, 1.82) is 0 Å². The van der Waals surface area contributed by atoms with Crippen molar-refractivity contribution in [3.05, 3.63) is 0 Å². The van der Waals surface area contributed by atoms with Crippen LogP contribution in [-0.2, 0) is 0 Å². The van der Waals surface area contributed by atoms with Gasteiger partial charge in [-0.1, -0.05) is 4.74 Å². The van der Waals surface area contributed by atoms with Crippen LogP contribution in [0.5, 0.6) is 0 Å². The molecule has 1 heterocycles. The summed E-state index contributed by atoms with van der Waals surface area (Å²) >= 11 is 0. The molecule has 0 unspecified atom stereocenters. The van der Waals surface area contributed by atoms with Crippen LogP contribution in [0.2, 0.25) is 0 Å². The third-order valence-corrected chi connectivity index (χ3v) is 2.99. The predicted octanol–water partition coefficient (Wildman–Crippen LogP) is -0.0352. The fourth-order valence-corrected chi connectivity index (χ4v) is 1.18. The normalized spacial score (nSPS) is 26.6. The third kappa shape index (κ3) is 0.741. The first-order valence-electron chi connectivity index (χ1n) is 3.83. The molecule has 0 aromatic rings. The van der Waals surface area contributed by atoms with Crippen molar-refractivity contribution in [3.63, 3.8) is 0 Å². The van der Waals surface area contributed by atoms with Gasteiger partial charge in [-0.2, -0.15) is 0 Å². The largest absolute Gasteiger partial charge is 0.411 e. The smallest absolute Gasteiger partial charge is 0.375 e. The van der Waals surface area contributed by atoms with Crippen molar-refractivity contribution in [1.82, 2.24) is 5.06 Å². The molecule has 1 aliphatic heterocycles. The summed E-state index contributed by atoms with van der Waals surface area (Å²) in [5, 5.41) is 19.9. The van der Waals surface area contributed by atoms with E-state index in [4.69, 9.17) is 5.73 Å². The molecule has 0 amide bonds. The van der Waals surface area contributed by atoms with Gasteiger partial charge in [0.2, 0.25) is 0 Å². The summed E-state index contributed by atoms with van der Waals surface area (Å²) in [6, 6.07) is 0. The van der Waals surface area contributed by atoms with Gasteiger partial charge in [0.05, 0.1) is 0 Å². The molecule has 12 heavy (non-hydrogen) atoms. The second-order valence-corrected chi connectivity index (χ2v) is 4.10. The van der Waals surface area contributed by atoms with Gasteiger partial charge in [-0.3, -0.25) is 5.73 Å². The van der Waals surface area contributed by atoms with Gasteiger partial charge in [-0.15, -0.1) is 5.06 Å². The van der Waals surface area contributed by atoms with Gasteiger partial charge in [0.1, 0.15) is 0 Å². The van der Waals surface area contributed by atoms with Crippen molar-refractivity contribution in [2.45, 2.75) is 38.8 Å². The zero-order valence-corrected chi connectivity index (χ0v) is 7.87. The number of rotatable bonds is 0. The molecule has 0 aromatic heterocycles. The van der Waals surface area contributed by atoms with Crippen molar-refractivity contribution in [2.75, 3.05) is 0 Å². The fraction of sp³-hybridized carbons (Fsp3) is 0.857. The lowest BCUT2D eigenvalue weighted by molar-refractivity contribution is -0.821. The minimum Gasteiger partial charge on any atom is -0.375 e. The number of guanidine groups is 1. The van der Waals surface area contributed by atoms with E-state index in [-0.39, 0.29) is 5.96 Å². The lowest BCUT2D eigenvalue weighted by atomic mass is 9.84. The molecule has 0 spiro atoms. The minimum atomic E-state index is -0.605. The van der Waals surface area contributed by atoms with Gasteiger partial charge in [0.25, 0.3) is 0 Å². The molecule has 5 heteroatoms. The molecule has 0 aliphatic carbocycles. The Morgan fingerprint density at radius 3 is 1.83 bits per heavy atom. The van der Waals surface area contributed by atoms with Crippen LogP contribution in [0.15, 0.2) is 0 Å². The Kier molecular flexibility index (Phi) is 1.55. The van der Waals surface area contributed by atoms with E-state index in [1.807, 2.05) is 0 Å². The van der Waals surface area contributed by atoms with E-state index in [0.29, 0.717) is 0 Å². The van der Waals surface area contributed by atoms with Gasteiger partial charge in [-0.05, 0) is 27.7 Å². The van der Waals surface area contributed by atoms with Crippen LogP contribution in [0.1, 0.15) is 27.7 Å². The number of nitrogens with zero attached hydrogens (tertiary/aromatic N) is 2. The fourth-order valence-electron chi connectivity index (χ4n) is 1.18. The van der Waals surface area contributed by atoms with Crippen molar-refractivity contribution in [2.24, 2.45) is 5.73 Å². The highest BCUT2D eigenvalue weighted by molar-refractivity contribution is 5.74. The zero-order valence-electron chi connectivity index (χ0n) is 7.87. The highest BCUT2D eigenvalue weighted by Crippen LogP contribution is 2.33. The van der Waals surface area contributed by atoms with Crippen LogP contribution in [0, 0.1) is 0 Å².